The van der Waals surface area contributed by atoms with Gasteiger partial charge in [-0.3, -0.25) is 9.10 Å². The third-order valence-corrected chi connectivity index (χ3v) is 4.93. The number of hydrogen-bond acceptors (Lipinski definition) is 6. The van der Waals surface area contributed by atoms with Gasteiger partial charge in [-0.05, 0) is 49.4 Å². The van der Waals surface area contributed by atoms with Crippen molar-refractivity contribution < 1.29 is 27.5 Å². The monoisotopic (exact) mass is 406 g/mol. The Balaban J connectivity index is 1.92. The lowest BCUT2D eigenvalue weighted by atomic mass is 10.2. The van der Waals surface area contributed by atoms with Gasteiger partial charge in [-0.15, -0.1) is 0 Å². The van der Waals surface area contributed by atoms with Gasteiger partial charge < -0.3 is 14.8 Å². The van der Waals surface area contributed by atoms with Gasteiger partial charge in [-0.25, -0.2) is 13.2 Å². The molecular weight excluding hydrogens is 384 g/mol. The molecule has 0 aromatic heterocycles. The average molecular weight is 406 g/mol. The fraction of sp³-hybridized carbons (Fsp3) is 0.263. The zero-order valence-corrected chi connectivity index (χ0v) is 16.7. The predicted molar refractivity (Wildman–Crippen MR) is 106 cm³/mol. The van der Waals surface area contributed by atoms with Crippen LogP contribution in [-0.2, 0) is 19.6 Å². The molecule has 0 radical (unpaired) electrons. The Morgan fingerprint density at radius 3 is 2.39 bits per heavy atom. The molecule has 0 saturated heterocycles. The third-order valence-electron chi connectivity index (χ3n) is 3.73. The largest absolute Gasteiger partial charge is 0.484 e. The van der Waals surface area contributed by atoms with Crippen molar-refractivity contribution in [2.24, 2.45) is 0 Å². The van der Waals surface area contributed by atoms with Crippen LogP contribution in [0.5, 0.6) is 5.75 Å². The van der Waals surface area contributed by atoms with Gasteiger partial charge in [0.1, 0.15) is 5.75 Å². The summed E-state index contributed by atoms with van der Waals surface area (Å²) in [6, 6.07) is 12.7. The highest BCUT2D eigenvalue weighted by atomic mass is 32.2. The fourth-order valence-electron chi connectivity index (χ4n) is 2.23. The van der Waals surface area contributed by atoms with E-state index in [0.717, 1.165) is 10.6 Å². The second-order valence-electron chi connectivity index (χ2n) is 5.86. The molecule has 0 unspecified atom stereocenters. The Morgan fingerprint density at radius 2 is 1.79 bits per heavy atom. The Labute approximate surface area is 164 Å². The number of anilines is 2. The minimum atomic E-state index is -3.35. The highest BCUT2D eigenvalue weighted by Gasteiger charge is 2.12. The Morgan fingerprint density at radius 1 is 1.11 bits per heavy atom. The van der Waals surface area contributed by atoms with Gasteiger partial charge in [-0.2, -0.15) is 0 Å². The average Bonchev–Trinajstić information content (AvgIpc) is 2.66. The first kappa shape index (κ1) is 21.2. The molecule has 9 heteroatoms. The number of sulfonamides is 1. The number of carbonyl (C=O) groups excluding carboxylic acids is 2. The number of amides is 1. The van der Waals surface area contributed by atoms with E-state index >= 15 is 0 Å². The predicted octanol–water partition coefficient (Wildman–Crippen LogP) is 2.28. The third kappa shape index (κ3) is 5.98. The zero-order chi connectivity index (χ0) is 20.7. The van der Waals surface area contributed by atoms with Crippen molar-refractivity contribution in [1.29, 1.82) is 0 Å². The number of carbonyl (C=O) groups is 2. The fourth-order valence-corrected chi connectivity index (χ4v) is 2.73. The number of esters is 1. The molecule has 0 spiro atoms. The van der Waals surface area contributed by atoms with Crippen molar-refractivity contribution in [3.05, 3.63) is 54.1 Å². The second-order valence-corrected chi connectivity index (χ2v) is 7.88. The summed E-state index contributed by atoms with van der Waals surface area (Å²) >= 11 is 0. The lowest BCUT2D eigenvalue weighted by Crippen LogP contribution is -2.24. The standard InChI is InChI=1S/C19H22N2O6S/c1-4-26-19(23)14-6-5-7-15(12-14)20-18(22)13-27-17-10-8-16(9-11-17)21(2)28(3,24)25/h5-12H,4,13H2,1-3H3,(H,20,22). The number of benzene rings is 2. The van der Waals surface area contributed by atoms with Crippen LogP contribution >= 0.6 is 0 Å². The van der Waals surface area contributed by atoms with Crippen molar-refractivity contribution in [3.63, 3.8) is 0 Å². The summed E-state index contributed by atoms with van der Waals surface area (Å²) in [7, 11) is -1.90. The van der Waals surface area contributed by atoms with Crippen LogP contribution in [0.4, 0.5) is 11.4 Å². The van der Waals surface area contributed by atoms with Crippen LogP contribution in [0.15, 0.2) is 48.5 Å². The van der Waals surface area contributed by atoms with Crippen LogP contribution in [0.25, 0.3) is 0 Å². The highest BCUT2D eigenvalue weighted by molar-refractivity contribution is 7.92. The highest BCUT2D eigenvalue weighted by Crippen LogP contribution is 2.20. The molecule has 0 bridgehead atoms. The maximum Gasteiger partial charge on any atom is 0.338 e. The topological polar surface area (TPSA) is 102 Å². The van der Waals surface area contributed by atoms with Crippen molar-refractivity contribution in [3.8, 4) is 5.75 Å². The summed E-state index contributed by atoms with van der Waals surface area (Å²) in [6.07, 6.45) is 1.11. The molecule has 0 fully saturated rings. The maximum atomic E-state index is 12.1. The molecule has 0 atom stereocenters. The summed E-state index contributed by atoms with van der Waals surface area (Å²) in [5, 5.41) is 2.64. The van der Waals surface area contributed by atoms with Crippen molar-refractivity contribution >= 4 is 33.3 Å². The number of ether oxygens (including phenoxy) is 2. The summed E-state index contributed by atoms with van der Waals surface area (Å²) in [4.78, 5) is 23.8. The van der Waals surface area contributed by atoms with E-state index in [1.807, 2.05) is 0 Å². The van der Waals surface area contributed by atoms with E-state index in [-0.39, 0.29) is 13.2 Å². The Hall–Kier alpha value is -3.07. The van der Waals surface area contributed by atoms with Gasteiger partial charge >= 0.3 is 5.97 Å². The number of nitrogens with one attached hydrogen (secondary N) is 1. The van der Waals surface area contributed by atoms with Crippen LogP contribution in [-0.4, -0.2) is 46.8 Å². The molecule has 0 aliphatic carbocycles. The zero-order valence-electron chi connectivity index (χ0n) is 15.8. The molecule has 0 aliphatic rings. The van der Waals surface area contributed by atoms with Crippen LogP contribution < -0.4 is 14.4 Å². The van der Waals surface area contributed by atoms with Crippen LogP contribution in [0.1, 0.15) is 17.3 Å². The molecule has 1 N–H and O–H groups in total. The first-order valence-electron chi connectivity index (χ1n) is 8.44. The molecule has 2 aromatic rings. The van der Waals surface area contributed by atoms with Crippen LogP contribution in [0, 0.1) is 0 Å². The van der Waals surface area contributed by atoms with Gasteiger partial charge in [0.05, 0.1) is 24.1 Å². The summed E-state index contributed by atoms with van der Waals surface area (Å²) in [5.41, 5.74) is 1.27. The first-order chi connectivity index (χ1) is 13.2. The molecule has 28 heavy (non-hydrogen) atoms. The molecule has 8 nitrogen and oxygen atoms in total. The van der Waals surface area contributed by atoms with E-state index in [0.29, 0.717) is 22.7 Å². The van der Waals surface area contributed by atoms with Crippen LogP contribution in [0.2, 0.25) is 0 Å². The van der Waals surface area contributed by atoms with Gasteiger partial charge in [0, 0.05) is 12.7 Å². The lowest BCUT2D eigenvalue weighted by Gasteiger charge is -2.16. The van der Waals surface area contributed by atoms with Gasteiger partial charge in [0.25, 0.3) is 5.91 Å². The Bertz CT molecular complexity index is 941. The molecule has 0 heterocycles. The van der Waals surface area contributed by atoms with E-state index < -0.39 is 21.9 Å². The number of rotatable bonds is 8. The second kappa shape index (κ2) is 9.23. The van der Waals surface area contributed by atoms with E-state index in [9.17, 15) is 18.0 Å². The number of hydrogen-bond donors (Lipinski definition) is 1. The molecule has 2 rings (SSSR count). The van der Waals surface area contributed by atoms with Crippen molar-refractivity contribution in [2.45, 2.75) is 6.92 Å². The van der Waals surface area contributed by atoms with Gasteiger partial charge in [0.2, 0.25) is 10.0 Å². The summed E-state index contributed by atoms with van der Waals surface area (Å²) in [6.45, 7) is 1.74. The summed E-state index contributed by atoms with van der Waals surface area (Å²) in [5.74, 6) is -0.451. The van der Waals surface area contributed by atoms with Gasteiger partial charge in [-0.1, -0.05) is 6.07 Å². The first-order valence-corrected chi connectivity index (χ1v) is 10.3. The van der Waals surface area contributed by atoms with Crippen molar-refractivity contribution in [2.75, 3.05) is 36.1 Å². The Kier molecular flexibility index (Phi) is 7.00. The normalized spacial score (nSPS) is 10.8. The van der Waals surface area contributed by atoms with E-state index in [4.69, 9.17) is 9.47 Å². The van der Waals surface area contributed by atoms with E-state index in [1.54, 1.807) is 49.4 Å². The lowest BCUT2D eigenvalue weighted by molar-refractivity contribution is -0.118. The molecule has 2 aromatic carbocycles. The SMILES string of the molecule is CCOC(=O)c1cccc(NC(=O)COc2ccc(N(C)S(C)(=O)=O)cc2)c1. The van der Waals surface area contributed by atoms with E-state index in [2.05, 4.69) is 5.32 Å². The molecule has 150 valence electrons. The van der Waals surface area contributed by atoms with Gasteiger partial charge in [0.15, 0.2) is 6.61 Å². The smallest absolute Gasteiger partial charge is 0.338 e. The molecular formula is C19H22N2O6S. The molecule has 1 amide bonds. The van der Waals surface area contributed by atoms with Crippen LogP contribution in [0.3, 0.4) is 0 Å². The van der Waals surface area contributed by atoms with E-state index in [1.165, 1.54) is 13.1 Å². The number of nitrogens with zero attached hydrogens (tertiary/aromatic N) is 1. The maximum absolute atomic E-state index is 12.1. The quantitative estimate of drug-likeness (QED) is 0.675. The molecule has 0 aliphatic heterocycles. The summed E-state index contributed by atoms with van der Waals surface area (Å²) < 4.78 is 34.5. The van der Waals surface area contributed by atoms with Crippen molar-refractivity contribution in [1.82, 2.24) is 0 Å². The molecule has 0 saturated carbocycles. The minimum Gasteiger partial charge on any atom is -0.484 e. The minimum absolute atomic E-state index is 0.245.